The normalized spacial score (nSPS) is 15.4. The Hall–Kier alpha value is -1.94. The molecule has 0 amide bonds. The van der Waals surface area contributed by atoms with Gasteiger partial charge in [-0.3, -0.25) is 0 Å². The predicted octanol–water partition coefficient (Wildman–Crippen LogP) is 2.93. The average Bonchev–Trinajstić information content (AvgIpc) is 2.73. The zero-order chi connectivity index (χ0) is 20.1. The Morgan fingerprint density at radius 1 is 1.18 bits per heavy atom. The molecule has 1 aliphatic rings. The van der Waals surface area contributed by atoms with Crippen molar-refractivity contribution < 1.29 is 27.1 Å². The van der Waals surface area contributed by atoms with Gasteiger partial charge in [0.15, 0.2) is 0 Å². The number of benzene rings is 2. The smallest absolute Gasteiger partial charge is 0.341 e. The molecule has 0 radical (unpaired) electrons. The number of carbonyl (C=O) groups excluding carboxylic acids is 1. The maximum absolute atomic E-state index is 14.1. The van der Waals surface area contributed by atoms with E-state index in [0.717, 1.165) is 28.7 Å². The van der Waals surface area contributed by atoms with E-state index in [1.54, 1.807) is 11.8 Å². The van der Waals surface area contributed by atoms with Crippen LogP contribution >= 0.6 is 11.8 Å². The van der Waals surface area contributed by atoms with Crippen LogP contribution in [0.25, 0.3) is 0 Å². The molecule has 1 aliphatic heterocycles. The summed E-state index contributed by atoms with van der Waals surface area (Å²) in [6.07, 6.45) is 1.95. The van der Waals surface area contributed by atoms with Crippen molar-refractivity contribution in [2.45, 2.75) is 16.4 Å². The minimum absolute atomic E-state index is 0.0343. The second-order valence-electron chi connectivity index (χ2n) is 6.08. The van der Waals surface area contributed by atoms with E-state index in [4.69, 9.17) is 9.47 Å². The molecule has 0 aliphatic carbocycles. The summed E-state index contributed by atoms with van der Waals surface area (Å²) in [4.78, 5) is 13.2. The molecule has 1 fully saturated rings. The molecule has 0 unspecified atom stereocenters. The predicted molar refractivity (Wildman–Crippen MR) is 103 cm³/mol. The van der Waals surface area contributed by atoms with Gasteiger partial charge in [-0.25, -0.2) is 17.6 Å². The summed E-state index contributed by atoms with van der Waals surface area (Å²) in [5.74, 6) is -1.74. The van der Waals surface area contributed by atoms with Crippen molar-refractivity contribution in [2.75, 3.05) is 32.6 Å². The van der Waals surface area contributed by atoms with Crippen molar-refractivity contribution in [1.82, 2.24) is 4.31 Å². The summed E-state index contributed by atoms with van der Waals surface area (Å²) in [6.45, 7) is 0.986. The summed E-state index contributed by atoms with van der Waals surface area (Å²) >= 11 is 1.59. The minimum Gasteiger partial charge on any atom is -0.457 e. The summed E-state index contributed by atoms with van der Waals surface area (Å²) in [7, 11) is -3.83. The Labute approximate surface area is 167 Å². The zero-order valence-electron chi connectivity index (χ0n) is 15.3. The standard InChI is InChI=1S/C19H20FNO5S2/c1-27-15-4-2-14(3-5-15)13-26-19(22)17-12-16(6-7-18(17)20)28(23,24)21-8-10-25-11-9-21/h2-7,12H,8-11,13H2,1H3. The topological polar surface area (TPSA) is 72.9 Å². The van der Waals surface area contributed by atoms with Crippen LogP contribution in [0.5, 0.6) is 0 Å². The van der Waals surface area contributed by atoms with E-state index >= 15 is 0 Å². The highest BCUT2D eigenvalue weighted by atomic mass is 32.2. The Kier molecular flexibility index (Phi) is 6.71. The molecule has 1 saturated heterocycles. The summed E-state index contributed by atoms with van der Waals surface area (Å²) in [5, 5.41) is 0. The van der Waals surface area contributed by atoms with Gasteiger partial charge < -0.3 is 9.47 Å². The fourth-order valence-corrected chi connectivity index (χ4v) is 4.55. The van der Waals surface area contributed by atoms with E-state index in [1.807, 2.05) is 30.5 Å². The molecular formula is C19H20FNO5S2. The van der Waals surface area contributed by atoms with Crippen molar-refractivity contribution in [3.63, 3.8) is 0 Å². The maximum Gasteiger partial charge on any atom is 0.341 e. The summed E-state index contributed by atoms with van der Waals surface area (Å²) < 4.78 is 51.1. The van der Waals surface area contributed by atoms with Crippen molar-refractivity contribution >= 4 is 27.8 Å². The van der Waals surface area contributed by atoms with Crippen LogP contribution in [0, 0.1) is 5.82 Å². The SMILES string of the molecule is CSc1ccc(COC(=O)c2cc(S(=O)(=O)N3CCOCC3)ccc2F)cc1. The van der Waals surface area contributed by atoms with Gasteiger partial charge in [-0.1, -0.05) is 12.1 Å². The van der Waals surface area contributed by atoms with Crippen LogP contribution < -0.4 is 0 Å². The molecule has 6 nitrogen and oxygen atoms in total. The average molecular weight is 426 g/mol. The zero-order valence-corrected chi connectivity index (χ0v) is 16.9. The number of hydrogen-bond donors (Lipinski definition) is 0. The van der Waals surface area contributed by atoms with Gasteiger partial charge in [0.25, 0.3) is 0 Å². The van der Waals surface area contributed by atoms with Gasteiger partial charge in [0.1, 0.15) is 12.4 Å². The van der Waals surface area contributed by atoms with Gasteiger partial charge >= 0.3 is 5.97 Å². The molecule has 150 valence electrons. The lowest BCUT2D eigenvalue weighted by atomic mass is 10.2. The number of carbonyl (C=O) groups is 1. The highest BCUT2D eigenvalue weighted by Crippen LogP contribution is 2.21. The van der Waals surface area contributed by atoms with Crippen molar-refractivity contribution in [1.29, 1.82) is 0 Å². The van der Waals surface area contributed by atoms with E-state index in [2.05, 4.69) is 0 Å². The molecule has 2 aromatic carbocycles. The van der Waals surface area contributed by atoms with E-state index < -0.39 is 27.4 Å². The first-order chi connectivity index (χ1) is 13.4. The molecule has 0 N–H and O–H groups in total. The van der Waals surface area contributed by atoms with Crippen LogP contribution in [-0.2, 0) is 26.1 Å². The lowest BCUT2D eigenvalue weighted by molar-refractivity contribution is 0.0467. The molecule has 0 saturated carbocycles. The Bertz CT molecular complexity index is 941. The molecule has 2 aromatic rings. The number of morpholine rings is 1. The third-order valence-electron chi connectivity index (χ3n) is 4.29. The number of rotatable bonds is 6. The van der Waals surface area contributed by atoms with Crippen molar-refractivity contribution in [3.05, 3.63) is 59.4 Å². The summed E-state index contributed by atoms with van der Waals surface area (Å²) in [6, 6.07) is 10.6. The van der Waals surface area contributed by atoms with E-state index in [-0.39, 0.29) is 24.6 Å². The van der Waals surface area contributed by atoms with E-state index in [9.17, 15) is 17.6 Å². The van der Waals surface area contributed by atoms with Crippen molar-refractivity contribution in [2.24, 2.45) is 0 Å². The van der Waals surface area contributed by atoms with Crippen LogP contribution in [0.1, 0.15) is 15.9 Å². The molecular weight excluding hydrogens is 405 g/mol. The monoisotopic (exact) mass is 425 g/mol. The molecule has 3 rings (SSSR count). The largest absolute Gasteiger partial charge is 0.457 e. The lowest BCUT2D eigenvalue weighted by Gasteiger charge is -2.26. The summed E-state index contributed by atoms with van der Waals surface area (Å²) in [5.41, 5.74) is 0.346. The quantitative estimate of drug-likeness (QED) is 0.523. The van der Waals surface area contributed by atoms with Gasteiger partial charge in [-0.05, 0) is 42.2 Å². The molecule has 0 bridgehead atoms. The Morgan fingerprint density at radius 2 is 1.86 bits per heavy atom. The number of nitrogens with zero attached hydrogens (tertiary/aromatic N) is 1. The second kappa shape index (κ2) is 9.04. The van der Waals surface area contributed by atoms with E-state index in [0.29, 0.717) is 13.2 Å². The first kappa shape index (κ1) is 20.8. The number of halogens is 1. The molecule has 0 spiro atoms. The molecule has 0 atom stereocenters. The second-order valence-corrected chi connectivity index (χ2v) is 8.90. The highest BCUT2D eigenvalue weighted by molar-refractivity contribution is 7.98. The van der Waals surface area contributed by atoms with Crippen molar-refractivity contribution in [3.8, 4) is 0 Å². The third kappa shape index (κ3) is 4.72. The maximum atomic E-state index is 14.1. The molecule has 9 heteroatoms. The fraction of sp³-hybridized carbons (Fsp3) is 0.316. The van der Waals surface area contributed by atoms with Gasteiger partial charge in [0.05, 0.1) is 23.7 Å². The van der Waals surface area contributed by atoms with E-state index in [1.165, 1.54) is 4.31 Å². The number of hydrogen-bond acceptors (Lipinski definition) is 6. The van der Waals surface area contributed by atoms with Crippen LogP contribution in [0.3, 0.4) is 0 Å². The fourth-order valence-electron chi connectivity index (χ4n) is 2.71. The van der Waals surface area contributed by atoms with Crippen LogP contribution in [0.4, 0.5) is 4.39 Å². The number of sulfonamides is 1. The van der Waals surface area contributed by atoms with Gasteiger partial charge in [-0.2, -0.15) is 4.31 Å². The number of esters is 1. The van der Waals surface area contributed by atoms with Gasteiger partial charge in [0.2, 0.25) is 10.0 Å². The third-order valence-corrected chi connectivity index (χ3v) is 6.93. The number of ether oxygens (including phenoxy) is 2. The van der Waals surface area contributed by atoms with Crippen LogP contribution in [0.15, 0.2) is 52.3 Å². The first-order valence-corrected chi connectivity index (χ1v) is 11.3. The van der Waals surface area contributed by atoms with Gasteiger partial charge in [0, 0.05) is 18.0 Å². The van der Waals surface area contributed by atoms with Gasteiger partial charge in [-0.15, -0.1) is 11.8 Å². The lowest BCUT2D eigenvalue weighted by Crippen LogP contribution is -2.40. The highest BCUT2D eigenvalue weighted by Gasteiger charge is 2.28. The Balaban J connectivity index is 1.75. The van der Waals surface area contributed by atoms with Crippen LogP contribution in [0.2, 0.25) is 0 Å². The Morgan fingerprint density at radius 3 is 2.50 bits per heavy atom. The van der Waals surface area contributed by atoms with Crippen LogP contribution in [-0.4, -0.2) is 51.3 Å². The molecule has 1 heterocycles. The first-order valence-electron chi connectivity index (χ1n) is 8.59. The minimum atomic E-state index is -3.83. The number of thioether (sulfide) groups is 1. The molecule has 28 heavy (non-hydrogen) atoms. The molecule has 0 aromatic heterocycles.